The molecule has 0 saturated carbocycles. The van der Waals surface area contributed by atoms with E-state index in [1.165, 1.54) is 0 Å². The molecule has 0 aliphatic heterocycles. The maximum Gasteiger partial charge on any atom is 0.407 e. The van der Waals surface area contributed by atoms with Crippen molar-refractivity contribution in [2.24, 2.45) is 0 Å². The molecule has 0 fully saturated rings. The molecular weight excluding hydrogens is 270 g/mol. The molecule has 0 heterocycles. The van der Waals surface area contributed by atoms with E-state index in [0.717, 1.165) is 19.1 Å². The minimum atomic E-state index is -3.51. The van der Waals surface area contributed by atoms with E-state index in [9.17, 15) is 13.2 Å². The van der Waals surface area contributed by atoms with E-state index in [0.29, 0.717) is 6.42 Å². The van der Waals surface area contributed by atoms with Crippen LogP contribution in [0, 0.1) is 0 Å². The Balaban J connectivity index is 4.37. The van der Waals surface area contributed by atoms with Gasteiger partial charge in [0.15, 0.2) is 0 Å². The summed E-state index contributed by atoms with van der Waals surface area (Å²) in [5.41, 5.74) is -0.586. The van der Waals surface area contributed by atoms with Gasteiger partial charge in [0.2, 0.25) is 0 Å². The molecule has 0 aromatic heterocycles. The molecule has 0 aromatic carbocycles. The number of alkyl carbamates (subject to hydrolysis) is 1. The fourth-order valence-electron chi connectivity index (χ4n) is 1.33. The highest BCUT2D eigenvalue weighted by Gasteiger charge is 2.20. The van der Waals surface area contributed by atoms with Crippen LogP contribution in [0.25, 0.3) is 0 Å². The van der Waals surface area contributed by atoms with E-state index in [1.807, 2.05) is 6.92 Å². The van der Waals surface area contributed by atoms with Crippen molar-refractivity contribution in [2.75, 3.05) is 12.9 Å². The number of unbranched alkanes of at least 4 members (excludes halogenated alkanes) is 1. The van der Waals surface area contributed by atoms with Crippen molar-refractivity contribution in [3.63, 3.8) is 0 Å². The Kier molecular flexibility index (Phi) is 7.36. The lowest BCUT2D eigenvalue weighted by Gasteiger charge is -2.23. The first kappa shape index (κ1) is 18.2. The van der Waals surface area contributed by atoms with Gasteiger partial charge in [-0.2, -0.15) is 8.42 Å². The van der Waals surface area contributed by atoms with Crippen molar-refractivity contribution in [3.8, 4) is 0 Å². The predicted molar refractivity (Wildman–Crippen MR) is 73.5 cm³/mol. The molecule has 1 atom stereocenters. The van der Waals surface area contributed by atoms with Gasteiger partial charge in [0, 0.05) is 0 Å². The lowest BCUT2D eigenvalue weighted by atomic mass is 10.1. The van der Waals surface area contributed by atoms with Crippen LogP contribution in [0.2, 0.25) is 0 Å². The number of ether oxygens (including phenoxy) is 1. The van der Waals surface area contributed by atoms with Gasteiger partial charge < -0.3 is 10.1 Å². The number of hydrogen-bond donors (Lipinski definition) is 1. The van der Waals surface area contributed by atoms with Gasteiger partial charge in [-0.1, -0.05) is 19.8 Å². The molecule has 1 unspecified atom stereocenters. The molecule has 1 N–H and O–H groups in total. The number of hydrogen-bond acceptors (Lipinski definition) is 5. The standard InChI is InChI=1S/C12H25NO5S/c1-6-7-8-10(9-17-19(5,15)16)13-11(14)18-12(2,3)4/h10H,6-9H2,1-5H3,(H,13,14). The normalized spacial score (nSPS) is 13.9. The molecule has 6 nitrogen and oxygen atoms in total. The van der Waals surface area contributed by atoms with Crippen LogP contribution in [0.15, 0.2) is 0 Å². The average molecular weight is 295 g/mol. The second-order valence-corrected chi connectivity index (χ2v) is 7.12. The minimum absolute atomic E-state index is 0.0714. The first-order valence-electron chi connectivity index (χ1n) is 6.37. The van der Waals surface area contributed by atoms with Crippen LogP contribution >= 0.6 is 0 Å². The Bertz CT molecular complexity index is 372. The summed E-state index contributed by atoms with van der Waals surface area (Å²) >= 11 is 0. The average Bonchev–Trinajstić information content (AvgIpc) is 2.18. The first-order chi connectivity index (χ1) is 8.53. The fraction of sp³-hybridized carbons (Fsp3) is 0.917. The third-order valence-electron chi connectivity index (χ3n) is 2.11. The third kappa shape index (κ3) is 12.0. The molecule has 1 amide bonds. The summed E-state index contributed by atoms with van der Waals surface area (Å²) in [6.07, 6.45) is 2.88. The molecule has 19 heavy (non-hydrogen) atoms. The topological polar surface area (TPSA) is 81.7 Å². The zero-order valence-electron chi connectivity index (χ0n) is 12.4. The maximum absolute atomic E-state index is 11.6. The first-order valence-corrected chi connectivity index (χ1v) is 8.19. The summed E-state index contributed by atoms with van der Waals surface area (Å²) in [6.45, 7) is 7.24. The predicted octanol–water partition coefficient (Wildman–Crippen LogP) is 2.05. The van der Waals surface area contributed by atoms with Crippen LogP contribution in [0.4, 0.5) is 4.79 Å². The smallest absolute Gasteiger partial charge is 0.407 e. The van der Waals surface area contributed by atoms with Gasteiger partial charge in [0.1, 0.15) is 5.60 Å². The molecule has 0 aliphatic rings. The van der Waals surface area contributed by atoms with Crippen LogP contribution in [-0.4, -0.2) is 39.0 Å². The van der Waals surface area contributed by atoms with Crippen molar-refractivity contribution in [3.05, 3.63) is 0 Å². The van der Waals surface area contributed by atoms with Gasteiger partial charge in [-0.3, -0.25) is 4.18 Å². The van der Waals surface area contributed by atoms with Gasteiger partial charge in [0.05, 0.1) is 18.9 Å². The zero-order chi connectivity index (χ0) is 15.1. The van der Waals surface area contributed by atoms with E-state index in [4.69, 9.17) is 8.92 Å². The molecule has 0 aliphatic carbocycles. The molecule has 0 radical (unpaired) electrons. The number of carbonyl (C=O) groups is 1. The van der Waals surface area contributed by atoms with E-state index in [-0.39, 0.29) is 12.6 Å². The van der Waals surface area contributed by atoms with Gasteiger partial charge >= 0.3 is 6.09 Å². The Hall–Kier alpha value is -0.820. The second-order valence-electron chi connectivity index (χ2n) is 5.47. The van der Waals surface area contributed by atoms with Gasteiger partial charge in [-0.25, -0.2) is 4.79 Å². The van der Waals surface area contributed by atoms with Crippen LogP contribution in [-0.2, 0) is 19.0 Å². The Morgan fingerprint density at radius 2 is 1.89 bits per heavy atom. The molecule has 114 valence electrons. The van der Waals surface area contributed by atoms with Crippen molar-refractivity contribution < 1.29 is 22.1 Å². The van der Waals surface area contributed by atoms with E-state index in [2.05, 4.69) is 5.32 Å². The van der Waals surface area contributed by atoms with Crippen molar-refractivity contribution >= 4 is 16.2 Å². The highest BCUT2D eigenvalue weighted by Crippen LogP contribution is 2.08. The SMILES string of the molecule is CCCCC(COS(C)(=O)=O)NC(=O)OC(C)(C)C. The lowest BCUT2D eigenvalue weighted by Crippen LogP contribution is -2.41. The van der Waals surface area contributed by atoms with Crippen molar-refractivity contribution in [1.29, 1.82) is 0 Å². The highest BCUT2D eigenvalue weighted by atomic mass is 32.2. The molecule has 0 spiro atoms. The molecule has 0 bridgehead atoms. The lowest BCUT2D eigenvalue weighted by molar-refractivity contribution is 0.0484. The summed E-state index contributed by atoms with van der Waals surface area (Å²) in [7, 11) is -3.51. The third-order valence-corrected chi connectivity index (χ3v) is 2.67. The minimum Gasteiger partial charge on any atom is -0.444 e. The van der Waals surface area contributed by atoms with Crippen LogP contribution < -0.4 is 5.32 Å². The highest BCUT2D eigenvalue weighted by molar-refractivity contribution is 7.85. The fourth-order valence-corrected chi connectivity index (χ4v) is 1.74. The van der Waals surface area contributed by atoms with Gasteiger partial charge in [-0.05, 0) is 27.2 Å². The second kappa shape index (κ2) is 7.69. The van der Waals surface area contributed by atoms with E-state index in [1.54, 1.807) is 20.8 Å². The van der Waals surface area contributed by atoms with Crippen molar-refractivity contribution in [2.45, 2.75) is 58.6 Å². The number of nitrogens with one attached hydrogen (secondary N) is 1. The summed E-state index contributed by atoms with van der Waals surface area (Å²) < 4.78 is 31.8. The molecular formula is C12H25NO5S. The Morgan fingerprint density at radius 3 is 2.32 bits per heavy atom. The number of rotatable bonds is 7. The molecule has 0 saturated heterocycles. The van der Waals surface area contributed by atoms with Gasteiger partial charge in [0.25, 0.3) is 10.1 Å². The Labute approximate surface area is 116 Å². The van der Waals surface area contributed by atoms with Crippen LogP contribution in [0.3, 0.4) is 0 Å². The number of amides is 1. The van der Waals surface area contributed by atoms with Crippen LogP contribution in [0.1, 0.15) is 47.0 Å². The van der Waals surface area contributed by atoms with Crippen LogP contribution in [0.5, 0.6) is 0 Å². The summed E-state index contributed by atoms with van der Waals surface area (Å²) in [6, 6.07) is -0.371. The summed E-state index contributed by atoms with van der Waals surface area (Å²) in [5.74, 6) is 0. The molecule has 0 rings (SSSR count). The molecule has 7 heteroatoms. The molecule has 0 aromatic rings. The zero-order valence-corrected chi connectivity index (χ0v) is 13.2. The Morgan fingerprint density at radius 1 is 1.32 bits per heavy atom. The van der Waals surface area contributed by atoms with E-state index >= 15 is 0 Å². The number of carbonyl (C=O) groups excluding carboxylic acids is 1. The van der Waals surface area contributed by atoms with Crippen molar-refractivity contribution in [1.82, 2.24) is 5.32 Å². The summed E-state index contributed by atoms with van der Waals surface area (Å²) in [5, 5.41) is 2.63. The summed E-state index contributed by atoms with van der Waals surface area (Å²) in [4.78, 5) is 11.6. The quantitative estimate of drug-likeness (QED) is 0.727. The largest absolute Gasteiger partial charge is 0.444 e. The maximum atomic E-state index is 11.6. The monoisotopic (exact) mass is 295 g/mol. The van der Waals surface area contributed by atoms with Gasteiger partial charge in [-0.15, -0.1) is 0 Å². The van der Waals surface area contributed by atoms with E-state index < -0.39 is 21.8 Å².